The van der Waals surface area contributed by atoms with E-state index >= 15 is 0 Å². The summed E-state index contributed by atoms with van der Waals surface area (Å²) in [7, 11) is 0. The Labute approximate surface area is 110 Å². The lowest BCUT2D eigenvalue weighted by Crippen LogP contribution is -2.52. The number of carbonyl (C=O) groups excluding carboxylic acids is 3. The first-order chi connectivity index (χ1) is 9.08. The average molecular weight is 261 g/mol. The highest BCUT2D eigenvalue weighted by atomic mass is 16.2. The minimum Gasteiger partial charge on any atom is -0.398 e. The largest absolute Gasteiger partial charge is 0.398 e. The Kier molecular flexibility index (Phi) is 3.79. The van der Waals surface area contributed by atoms with Gasteiger partial charge < -0.3 is 5.73 Å². The smallest absolute Gasteiger partial charge is 0.248 e. The van der Waals surface area contributed by atoms with Gasteiger partial charge in [-0.05, 0) is 18.1 Å². The van der Waals surface area contributed by atoms with Crippen LogP contribution in [0.2, 0.25) is 0 Å². The molecule has 3 amide bonds. The topological polar surface area (TPSA) is 92.5 Å². The predicted molar refractivity (Wildman–Crippen MR) is 68.4 cm³/mol. The van der Waals surface area contributed by atoms with Gasteiger partial charge in [-0.25, -0.2) is 0 Å². The highest BCUT2D eigenvalue weighted by Gasteiger charge is 2.27. The Hall–Kier alpha value is -2.37. The first kappa shape index (κ1) is 13.1. The molecule has 0 radical (unpaired) electrons. The molecule has 1 saturated heterocycles. The maximum Gasteiger partial charge on any atom is 0.248 e. The summed E-state index contributed by atoms with van der Waals surface area (Å²) >= 11 is 0. The number of carbonyl (C=O) groups is 3. The van der Waals surface area contributed by atoms with Crippen LogP contribution in [0.3, 0.4) is 0 Å². The second-order valence-electron chi connectivity index (χ2n) is 4.39. The Morgan fingerprint density at radius 1 is 1.21 bits per heavy atom. The molecule has 6 heteroatoms. The van der Waals surface area contributed by atoms with Crippen molar-refractivity contribution in [3.05, 3.63) is 29.8 Å². The number of anilines is 1. The van der Waals surface area contributed by atoms with Gasteiger partial charge in [0.1, 0.15) is 0 Å². The summed E-state index contributed by atoms with van der Waals surface area (Å²) in [6, 6.07) is 6.97. The van der Waals surface area contributed by atoms with Crippen molar-refractivity contribution in [3.63, 3.8) is 0 Å². The summed E-state index contributed by atoms with van der Waals surface area (Å²) < 4.78 is 0. The molecule has 1 heterocycles. The standard InChI is InChI=1S/C13H15N3O3/c14-10-5-2-1-4-9(10)8-11(17)15-16-12(18)6-3-7-13(16)19/h1-2,4-5H,3,6-8,14H2,(H,15,17). The van der Waals surface area contributed by atoms with E-state index in [2.05, 4.69) is 5.43 Å². The van der Waals surface area contributed by atoms with Crippen molar-refractivity contribution in [2.75, 3.05) is 5.73 Å². The number of hydrogen-bond donors (Lipinski definition) is 2. The highest BCUT2D eigenvalue weighted by molar-refractivity contribution is 5.99. The molecule has 0 bridgehead atoms. The Morgan fingerprint density at radius 3 is 2.47 bits per heavy atom. The summed E-state index contributed by atoms with van der Waals surface area (Å²) in [6.07, 6.45) is 1.12. The van der Waals surface area contributed by atoms with E-state index in [4.69, 9.17) is 5.73 Å². The summed E-state index contributed by atoms with van der Waals surface area (Å²) in [4.78, 5) is 34.9. The fraction of sp³-hybridized carbons (Fsp3) is 0.308. The molecule has 2 rings (SSSR count). The molecule has 0 saturated carbocycles. The van der Waals surface area contributed by atoms with E-state index in [-0.39, 0.29) is 31.1 Å². The molecule has 1 aromatic carbocycles. The number of nitrogens with one attached hydrogen (secondary N) is 1. The number of piperidine rings is 1. The first-order valence-corrected chi connectivity index (χ1v) is 6.06. The molecule has 6 nitrogen and oxygen atoms in total. The fourth-order valence-electron chi connectivity index (χ4n) is 1.91. The number of nitrogens with zero attached hydrogens (tertiary/aromatic N) is 1. The van der Waals surface area contributed by atoms with Gasteiger partial charge in [-0.2, -0.15) is 5.01 Å². The Bertz CT molecular complexity index is 512. The zero-order valence-electron chi connectivity index (χ0n) is 10.4. The lowest BCUT2D eigenvalue weighted by molar-refractivity contribution is -0.156. The molecule has 0 aromatic heterocycles. The van der Waals surface area contributed by atoms with Gasteiger partial charge in [0.05, 0.1) is 6.42 Å². The Balaban J connectivity index is 1.99. The summed E-state index contributed by atoms with van der Waals surface area (Å²) in [5.41, 5.74) is 9.24. The summed E-state index contributed by atoms with van der Waals surface area (Å²) in [5, 5.41) is 0.810. The van der Waals surface area contributed by atoms with Gasteiger partial charge in [0.2, 0.25) is 17.7 Å². The number of hydrazine groups is 1. The van der Waals surface area contributed by atoms with E-state index in [1.54, 1.807) is 24.3 Å². The van der Waals surface area contributed by atoms with Gasteiger partial charge in [-0.3, -0.25) is 19.8 Å². The molecule has 1 aliphatic heterocycles. The zero-order valence-corrected chi connectivity index (χ0v) is 10.4. The van der Waals surface area contributed by atoms with Crippen LogP contribution >= 0.6 is 0 Å². The molecule has 0 aliphatic carbocycles. The molecule has 3 N–H and O–H groups in total. The van der Waals surface area contributed by atoms with Crippen LogP contribution in [0.15, 0.2) is 24.3 Å². The number of rotatable bonds is 3. The van der Waals surface area contributed by atoms with E-state index in [0.29, 0.717) is 17.7 Å². The Morgan fingerprint density at radius 2 is 1.84 bits per heavy atom. The maximum absolute atomic E-state index is 11.8. The van der Waals surface area contributed by atoms with Crippen LogP contribution in [0.4, 0.5) is 5.69 Å². The third kappa shape index (κ3) is 3.09. The molecule has 0 spiro atoms. The highest BCUT2D eigenvalue weighted by Crippen LogP contribution is 2.12. The molecular formula is C13H15N3O3. The van der Waals surface area contributed by atoms with Gasteiger partial charge in [0, 0.05) is 18.5 Å². The van der Waals surface area contributed by atoms with Crippen molar-refractivity contribution >= 4 is 23.4 Å². The number of nitrogen functional groups attached to an aromatic ring is 1. The van der Waals surface area contributed by atoms with Gasteiger partial charge in [-0.1, -0.05) is 18.2 Å². The van der Waals surface area contributed by atoms with Crippen molar-refractivity contribution < 1.29 is 14.4 Å². The fourth-order valence-corrected chi connectivity index (χ4v) is 1.91. The lowest BCUT2D eigenvalue weighted by atomic mass is 10.1. The SMILES string of the molecule is Nc1ccccc1CC(=O)NN1C(=O)CCCC1=O. The minimum absolute atomic E-state index is 0.0315. The lowest BCUT2D eigenvalue weighted by Gasteiger charge is -2.24. The van der Waals surface area contributed by atoms with Crippen molar-refractivity contribution in [1.82, 2.24) is 10.4 Å². The minimum atomic E-state index is -0.429. The maximum atomic E-state index is 11.8. The van der Waals surface area contributed by atoms with Crippen molar-refractivity contribution in [1.29, 1.82) is 0 Å². The van der Waals surface area contributed by atoms with Crippen LogP contribution in [0.5, 0.6) is 0 Å². The van der Waals surface area contributed by atoms with Crippen LogP contribution < -0.4 is 11.2 Å². The van der Waals surface area contributed by atoms with Gasteiger partial charge >= 0.3 is 0 Å². The van der Waals surface area contributed by atoms with Crippen molar-refractivity contribution in [2.45, 2.75) is 25.7 Å². The van der Waals surface area contributed by atoms with Crippen LogP contribution in [-0.4, -0.2) is 22.7 Å². The second-order valence-corrected chi connectivity index (χ2v) is 4.39. The molecule has 1 fully saturated rings. The van der Waals surface area contributed by atoms with Crippen molar-refractivity contribution in [3.8, 4) is 0 Å². The van der Waals surface area contributed by atoms with Gasteiger partial charge in [0.15, 0.2) is 0 Å². The number of hydrogen-bond acceptors (Lipinski definition) is 4. The van der Waals surface area contributed by atoms with E-state index in [0.717, 1.165) is 5.01 Å². The quantitative estimate of drug-likeness (QED) is 0.607. The molecular weight excluding hydrogens is 246 g/mol. The van der Waals surface area contributed by atoms with E-state index in [9.17, 15) is 14.4 Å². The van der Waals surface area contributed by atoms with E-state index < -0.39 is 5.91 Å². The van der Waals surface area contributed by atoms with E-state index in [1.165, 1.54) is 0 Å². The van der Waals surface area contributed by atoms with E-state index in [1.807, 2.05) is 0 Å². The van der Waals surface area contributed by atoms with Crippen LogP contribution in [0, 0.1) is 0 Å². The number of amides is 3. The van der Waals surface area contributed by atoms with Gasteiger partial charge in [-0.15, -0.1) is 0 Å². The average Bonchev–Trinajstić information content (AvgIpc) is 2.37. The molecule has 1 aromatic rings. The normalized spacial score (nSPS) is 15.5. The third-order valence-electron chi connectivity index (χ3n) is 2.92. The summed E-state index contributed by atoms with van der Waals surface area (Å²) in [6.45, 7) is 0. The van der Waals surface area contributed by atoms with Crippen LogP contribution in [0.25, 0.3) is 0 Å². The van der Waals surface area contributed by atoms with Crippen LogP contribution in [-0.2, 0) is 20.8 Å². The van der Waals surface area contributed by atoms with Crippen LogP contribution in [0.1, 0.15) is 24.8 Å². The second kappa shape index (κ2) is 5.51. The van der Waals surface area contributed by atoms with Crippen molar-refractivity contribution in [2.24, 2.45) is 0 Å². The summed E-state index contributed by atoms with van der Waals surface area (Å²) in [5.74, 6) is -1.17. The molecule has 19 heavy (non-hydrogen) atoms. The predicted octanol–water partition coefficient (Wildman–Crippen LogP) is 0.382. The number of imide groups is 1. The zero-order chi connectivity index (χ0) is 13.8. The molecule has 100 valence electrons. The molecule has 0 atom stereocenters. The third-order valence-corrected chi connectivity index (χ3v) is 2.92. The first-order valence-electron chi connectivity index (χ1n) is 6.06. The number of nitrogens with two attached hydrogens (primary N) is 1. The number of para-hydroxylation sites is 1. The molecule has 1 aliphatic rings. The number of benzene rings is 1. The molecule has 0 unspecified atom stereocenters. The van der Waals surface area contributed by atoms with Gasteiger partial charge in [0.25, 0.3) is 0 Å². The monoisotopic (exact) mass is 261 g/mol.